The van der Waals surface area contributed by atoms with Gasteiger partial charge in [0.2, 0.25) is 5.91 Å². The third-order valence-electron chi connectivity index (χ3n) is 3.77. The van der Waals surface area contributed by atoms with Gasteiger partial charge in [-0.05, 0) is 30.2 Å². The van der Waals surface area contributed by atoms with E-state index in [9.17, 15) is 9.59 Å². The summed E-state index contributed by atoms with van der Waals surface area (Å²) in [7, 11) is 0. The van der Waals surface area contributed by atoms with Crippen molar-refractivity contribution in [2.75, 3.05) is 18.4 Å². The third kappa shape index (κ3) is 5.43. The monoisotopic (exact) mass is 325 g/mol. The molecule has 0 aromatic heterocycles. The topological polar surface area (TPSA) is 61.4 Å². The van der Waals surface area contributed by atoms with Crippen molar-refractivity contribution in [2.24, 2.45) is 0 Å². The molecule has 0 saturated carbocycles. The second kappa shape index (κ2) is 8.72. The number of hydrogen-bond acceptors (Lipinski definition) is 2. The molecule has 2 N–H and O–H groups in total. The molecule has 0 aliphatic rings. The molecule has 5 heteroatoms. The molecule has 0 aliphatic heterocycles. The highest BCUT2D eigenvalue weighted by Gasteiger charge is 2.11. The van der Waals surface area contributed by atoms with E-state index in [1.165, 1.54) is 0 Å². The summed E-state index contributed by atoms with van der Waals surface area (Å²) in [5, 5.41) is 5.52. The van der Waals surface area contributed by atoms with Crippen molar-refractivity contribution in [3.05, 3.63) is 65.7 Å². The van der Waals surface area contributed by atoms with Crippen LogP contribution in [-0.4, -0.2) is 29.9 Å². The molecule has 24 heavy (non-hydrogen) atoms. The molecule has 5 nitrogen and oxygen atoms in total. The Balaban J connectivity index is 1.82. The molecule has 0 spiro atoms. The van der Waals surface area contributed by atoms with Gasteiger partial charge in [0, 0.05) is 32.2 Å². The van der Waals surface area contributed by atoms with Gasteiger partial charge in [-0.3, -0.25) is 4.79 Å². The van der Waals surface area contributed by atoms with Crippen molar-refractivity contribution >= 4 is 17.6 Å². The summed E-state index contributed by atoms with van der Waals surface area (Å²) in [6.45, 7) is 4.97. The van der Waals surface area contributed by atoms with Crippen molar-refractivity contribution in [1.82, 2.24) is 10.2 Å². The van der Waals surface area contributed by atoms with E-state index >= 15 is 0 Å². The first kappa shape index (κ1) is 17.5. The number of rotatable bonds is 6. The molecule has 0 saturated heterocycles. The van der Waals surface area contributed by atoms with Gasteiger partial charge in [-0.25, -0.2) is 4.79 Å². The maximum atomic E-state index is 11.9. The molecule has 0 atom stereocenters. The fourth-order valence-corrected chi connectivity index (χ4v) is 2.34. The summed E-state index contributed by atoms with van der Waals surface area (Å²) in [4.78, 5) is 25.4. The lowest BCUT2D eigenvalue weighted by atomic mass is 10.1. The fourth-order valence-electron chi connectivity index (χ4n) is 2.34. The molecule has 2 rings (SSSR count). The Kier molecular flexibility index (Phi) is 6.37. The minimum atomic E-state index is -0.277. The number of nitrogens with one attached hydrogen (secondary N) is 2. The molecule has 0 radical (unpaired) electrons. The van der Waals surface area contributed by atoms with Crippen LogP contribution in [0.25, 0.3) is 0 Å². The normalized spacial score (nSPS) is 10.1. The highest BCUT2D eigenvalue weighted by molar-refractivity contribution is 5.89. The van der Waals surface area contributed by atoms with Gasteiger partial charge < -0.3 is 15.5 Å². The largest absolute Gasteiger partial charge is 0.337 e. The van der Waals surface area contributed by atoms with Crippen LogP contribution in [0.5, 0.6) is 0 Å². The van der Waals surface area contributed by atoms with Gasteiger partial charge >= 0.3 is 6.03 Å². The maximum absolute atomic E-state index is 11.9. The molecule has 2 aromatic rings. The molecule has 0 heterocycles. The third-order valence-corrected chi connectivity index (χ3v) is 3.77. The molecule has 0 unspecified atom stereocenters. The average molecular weight is 325 g/mol. The number of aryl methyl sites for hydroxylation is 1. The smallest absolute Gasteiger partial charge is 0.319 e. The van der Waals surface area contributed by atoms with E-state index in [1.54, 1.807) is 11.8 Å². The minimum Gasteiger partial charge on any atom is -0.337 e. The van der Waals surface area contributed by atoms with Crippen LogP contribution in [0.3, 0.4) is 0 Å². The number of benzene rings is 2. The number of amides is 3. The molecular weight excluding hydrogens is 302 g/mol. The highest BCUT2D eigenvalue weighted by atomic mass is 16.2. The van der Waals surface area contributed by atoms with E-state index in [0.717, 1.165) is 16.8 Å². The Morgan fingerprint density at radius 3 is 2.33 bits per heavy atom. The first-order valence-corrected chi connectivity index (χ1v) is 7.96. The Hall–Kier alpha value is -2.82. The zero-order valence-electron chi connectivity index (χ0n) is 14.1. The number of carbonyl (C=O) groups is 2. The lowest BCUT2D eigenvalue weighted by Gasteiger charge is -2.22. The Morgan fingerprint density at radius 2 is 1.67 bits per heavy atom. The van der Waals surface area contributed by atoms with E-state index in [0.29, 0.717) is 19.6 Å². The predicted molar refractivity (Wildman–Crippen MR) is 95.7 cm³/mol. The average Bonchev–Trinajstić information content (AvgIpc) is 2.56. The molecule has 0 aliphatic carbocycles. The maximum Gasteiger partial charge on any atom is 0.319 e. The predicted octanol–water partition coefficient (Wildman–Crippen LogP) is 3.17. The van der Waals surface area contributed by atoms with E-state index < -0.39 is 0 Å². The van der Waals surface area contributed by atoms with Gasteiger partial charge in [-0.2, -0.15) is 0 Å². The number of nitrogens with zero attached hydrogens (tertiary/aromatic N) is 1. The van der Waals surface area contributed by atoms with Crippen LogP contribution in [0, 0.1) is 6.92 Å². The van der Waals surface area contributed by atoms with Crippen LogP contribution < -0.4 is 10.6 Å². The van der Waals surface area contributed by atoms with E-state index in [1.807, 2.05) is 61.5 Å². The van der Waals surface area contributed by atoms with Crippen molar-refractivity contribution in [3.63, 3.8) is 0 Å². The molecule has 0 bridgehead atoms. The molecule has 0 fully saturated rings. The van der Waals surface area contributed by atoms with Gasteiger partial charge in [0.15, 0.2) is 0 Å². The van der Waals surface area contributed by atoms with Gasteiger partial charge in [0.25, 0.3) is 0 Å². The summed E-state index contributed by atoms with van der Waals surface area (Å²) in [6.07, 6.45) is 0. The van der Waals surface area contributed by atoms with Crippen molar-refractivity contribution in [1.29, 1.82) is 0 Å². The van der Waals surface area contributed by atoms with Crippen molar-refractivity contribution in [3.8, 4) is 0 Å². The Morgan fingerprint density at radius 1 is 1.00 bits per heavy atom. The second-order valence-electron chi connectivity index (χ2n) is 5.61. The van der Waals surface area contributed by atoms with Crippen molar-refractivity contribution in [2.45, 2.75) is 20.4 Å². The van der Waals surface area contributed by atoms with E-state index in [2.05, 4.69) is 10.6 Å². The van der Waals surface area contributed by atoms with Crippen LogP contribution in [0.15, 0.2) is 54.6 Å². The van der Waals surface area contributed by atoms with Gasteiger partial charge in [-0.1, -0.05) is 42.5 Å². The molecule has 126 valence electrons. The van der Waals surface area contributed by atoms with Crippen LogP contribution in [0.2, 0.25) is 0 Å². The summed E-state index contributed by atoms with van der Waals surface area (Å²) in [5.41, 5.74) is 3.00. The first-order chi connectivity index (χ1) is 11.6. The number of carbonyl (C=O) groups excluding carboxylic acids is 2. The fraction of sp³-hybridized carbons (Fsp3) is 0.263. The van der Waals surface area contributed by atoms with Crippen LogP contribution in [0.4, 0.5) is 10.5 Å². The molecule has 2 aromatic carbocycles. The van der Waals surface area contributed by atoms with E-state index in [4.69, 9.17) is 0 Å². The lowest BCUT2D eigenvalue weighted by Crippen LogP contribution is -2.38. The highest BCUT2D eigenvalue weighted by Crippen LogP contribution is 2.10. The summed E-state index contributed by atoms with van der Waals surface area (Å²) in [5.74, 6) is -0.0106. The zero-order chi connectivity index (χ0) is 17.4. The summed E-state index contributed by atoms with van der Waals surface area (Å²) >= 11 is 0. The number of hydrogen-bond donors (Lipinski definition) is 2. The standard InChI is InChI=1S/C19H23N3O2/c1-15-8-6-7-9-17(15)14-22(16(2)23)13-12-20-19(24)21-18-10-4-3-5-11-18/h3-11H,12-14H2,1-2H3,(H2,20,21,24). The number of para-hydroxylation sites is 1. The number of anilines is 1. The van der Waals surface area contributed by atoms with Crippen LogP contribution >= 0.6 is 0 Å². The summed E-state index contributed by atoms with van der Waals surface area (Å²) < 4.78 is 0. The van der Waals surface area contributed by atoms with Crippen LogP contribution in [0.1, 0.15) is 18.1 Å². The SMILES string of the molecule is CC(=O)N(CCNC(=O)Nc1ccccc1)Cc1ccccc1C. The van der Waals surface area contributed by atoms with Gasteiger partial charge in [-0.15, -0.1) is 0 Å². The quantitative estimate of drug-likeness (QED) is 0.857. The van der Waals surface area contributed by atoms with Gasteiger partial charge in [0.1, 0.15) is 0 Å². The number of urea groups is 1. The Bertz CT molecular complexity index is 686. The minimum absolute atomic E-state index is 0.0106. The zero-order valence-corrected chi connectivity index (χ0v) is 14.1. The summed E-state index contributed by atoms with van der Waals surface area (Å²) in [6, 6.07) is 16.9. The van der Waals surface area contributed by atoms with Gasteiger partial charge in [0.05, 0.1) is 0 Å². The second-order valence-corrected chi connectivity index (χ2v) is 5.61. The molecular formula is C19H23N3O2. The first-order valence-electron chi connectivity index (χ1n) is 7.96. The molecule has 3 amide bonds. The Labute approximate surface area is 142 Å². The van der Waals surface area contributed by atoms with Crippen LogP contribution in [-0.2, 0) is 11.3 Å². The van der Waals surface area contributed by atoms with E-state index in [-0.39, 0.29) is 11.9 Å². The van der Waals surface area contributed by atoms with Crippen molar-refractivity contribution < 1.29 is 9.59 Å². The lowest BCUT2D eigenvalue weighted by molar-refractivity contribution is -0.129.